The number of allylic oxidation sites excluding steroid dienone is 1. The second-order valence-electron chi connectivity index (χ2n) is 3.64. The van der Waals surface area contributed by atoms with Crippen LogP contribution in [0.1, 0.15) is 25.3 Å². The van der Waals surface area contributed by atoms with Crippen LogP contribution in [0.25, 0.3) is 0 Å². The Bertz CT molecular complexity index is 324. The molecule has 1 heterocycles. The van der Waals surface area contributed by atoms with Crippen LogP contribution in [0.15, 0.2) is 41.7 Å². The summed E-state index contributed by atoms with van der Waals surface area (Å²) in [4.78, 5) is 0. The van der Waals surface area contributed by atoms with E-state index in [-0.39, 0.29) is 0 Å². The normalized spacial score (nSPS) is 15.8. The van der Waals surface area contributed by atoms with Crippen LogP contribution >= 0.6 is 0 Å². The molecule has 1 aliphatic heterocycles. The third-order valence-electron chi connectivity index (χ3n) is 2.66. The Morgan fingerprint density at radius 2 is 2.00 bits per heavy atom. The maximum Gasteiger partial charge on any atom is 0.0953 e. The van der Waals surface area contributed by atoms with Crippen molar-refractivity contribution in [3.8, 4) is 0 Å². The van der Waals surface area contributed by atoms with Gasteiger partial charge in [0.05, 0.1) is 12.4 Å². The Labute approximate surface area is 85.4 Å². The molecule has 0 bridgehead atoms. The van der Waals surface area contributed by atoms with Crippen molar-refractivity contribution in [2.45, 2.75) is 26.2 Å². The molecular formula is C13H16O. The van der Waals surface area contributed by atoms with Gasteiger partial charge in [-0.05, 0) is 17.6 Å². The number of hydrogen-bond donors (Lipinski definition) is 0. The highest BCUT2D eigenvalue weighted by atomic mass is 16.5. The first-order valence-corrected chi connectivity index (χ1v) is 5.27. The summed E-state index contributed by atoms with van der Waals surface area (Å²) in [7, 11) is 0. The minimum atomic E-state index is 0.880. The van der Waals surface area contributed by atoms with Crippen molar-refractivity contribution in [2.75, 3.05) is 6.61 Å². The van der Waals surface area contributed by atoms with E-state index in [1.54, 1.807) is 0 Å². The first-order chi connectivity index (χ1) is 6.90. The monoisotopic (exact) mass is 188 g/mol. The molecule has 0 unspecified atom stereocenters. The number of hydrogen-bond acceptors (Lipinski definition) is 1. The van der Waals surface area contributed by atoms with Gasteiger partial charge in [-0.25, -0.2) is 0 Å². The zero-order chi connectivity index (χ0) is 9.80. The van der Waals surface area contributed by atoms with Crippen molar-refractivity contribution >= 4 is 0 Å². The van der Waals surface area contributed by atoms with E-state index in [1.165, 1.54) is 16.9 Å². The second kappa shape index (κ2) is 4.32. The quantitative estimate of drug-likeness (QED) is 0.707. The lowest BCUT2D eigenvalue weighted by Gasteiger charge is -2.03. The molecule has 0 saturated heterocycles. The van der Waals surface area contributed by atoms with Crippen molar-refractivity contribution in [2.24, 2.45) is 0 Å². The summed E-state index contributed by atoms with van der Waals surface area (Å²) in [5.74, 6) is 1.22. The molecule has 1 aromatic carbocycles. The van der Waals surface area contributed by atoms with Crippen molar-refractivity contribution in [3.05, 3.63) is 47.2 Å². The molecule has 14 heavy (non-hydrogen) atoms. The predicted molar refractivity (Wildman–Crippen MR) is 58.0 cm³/mol. The molecule has 0 aliphatic carbocycles. The summed E-state index contributed by atoms with van der Waals surface area (Å²) in [5.41, 5.74) is 2.87. The van der Waals surface area contributed by atoms with Gasteiger partial charge in [0.25, 0.3) is 0 Å². The van der Waals surface area contributed by atoms with Crippen LogP contribution in [0.5, 0.6) is 0 Å². The molecule has 2 rings (SSSR count). The molecule has 1 aliphatic rings. The molecule has 0 aromatic heterocycles. The standard InChI is InChI=1S/C13H16O/c1-2-13-12(8-9-14-13)10-11-6-4-3-5-7-11/h3-7H,2,8-10H2,1H3. The maximum absolute atomic E-state index is 5.57. The molecule has 0 spiro atoms. The maximum atomic E-state index is 5.57. The number of ether oxygens (including phenoxy) is 1. The largest absolute Gasteiger partial charge is 0.498 e. The molecule has 0 N–H and O–H groups in total. The molecule has 0 radical (unpaired) electrons. The van der Waals surface area contributed by atoms with E-state index in [0.29, 0.717) is 0 Å². The fraction of sp³-hybridized carbons (Fsp3) is 0.385. The highest BCUT2D eigenvalue weighted by Crippen LogP contribution is 2.24. The Kier molecular flexibility index (Phi) is 2.87. The van der Waals surface area contributed by atoms with Gasteiger partial charge in [-0.15, -0.1) is 0 Å². The zero-order valence-electron chi connectivity index (χ0n) is 8.62. The van der Waals surface area contributed by atoms with E-state index in [1.807, 2.05) is 0 Å². The summed E-state index contributed by atoms with van der Waals surface area (Å²) in [6.45, 7) is 3.04. The van der Waals surface area contributed by atoms with Gasteiger partial charge < -0.3 is 4.74 Å². The predicted octanol–water partition coefficient (Wildman–Crippen LogP) is 3.31. The fourth-order valence-electron chi connectivity index (χ4n) is 1.92. The van der Waals surface area contributed by atoms with Crippen molar-refractivity contribution in [1.29, 1.82) is 0 Å². The summed E-state index contributed by atoms with van der Waals surface area (Å²) < 4.78 is 5.57. The van der Waals surface area contributed by atoms with Crippen LogP contribution in [0.3, 0.4) is 0 Å². The van der Waals surface area contributed by atoms with Crippen molar-refractivity contribution in [3.63, 3.8) is 0 Å². The Morgan fingerprint density at radius 3 is 2.71 bits per heavy atom. The molecular weight excluding hydrogens is 172 g/mol. The van der Waals surface area contributed by atoms with E-state index in [0.717, 1.165) is 25.9 Å². The van der Waals surface area contributed by atoms with Crippen LogP contribution in [-0.4, -0.2) is 6.61 Å². The fourth-order valence-corrected chi connectivity index (χ4v) is 1.92. The SMILES string of the molecule is CCC1=C(Cc2ccccc2)CCO1. The Morgan fingerprint density at radius 1 is 1.21 bits per heavy atom. The van der Waals surface area contributed by atoms with Gasteiger partial charge in [0.1, 0.15) is 0 Å². The Balaban J connectivity index is 2.11. The van der Waals surface area contributed by atoms with Gasteiger partial charge in [-0.3, -0.25) is 0 Å². The van der Waals surface area contributed by atoms with Crippen LogP contribution < -0.4 is 0 Å². The van der Waals surface area contributed by atoms with Gasteiger partial charge in [0.2, 0.25) is 0 Å². The van der Waals surface area contributed by atoms with Gasteiger partial charge >= 0.3 is 0 Å². The smallest absolute Gasteiger partial charge is 0.0953 e. The average Bonchev–Trinajstić information content (AvgIpc) is 2.67. The highest BCUT2D eigenvalue weighted by Gasteiger charge is 2.14. The summed E-state index contributed by atoms with van der Waals surface area (Å²) in [6, 6.07) is 10.6. The molecule has 1 aromatic rings. The first-order valence-electron chi connectivity index (χ1n) is 5.27. The van der Waals surface area contributed by atoms with Crippen LogP contribution in [0.2, 0.25) is 0 Å². The summed E-state index contributed by atoms with van der Waals surface area (Å²) in [5, 5.41) is 0. The topological polar surface area (TPSA) is 9.23 Å². The van der Waals surface area contributed by atoms with Crippen LogP contribution in [-0.2, 0) is 11.2 Å². The zero-order valence-corrected chi connectivity index (χ0v) is 8.62. The second-order valence-corrected chi connectivity index (χ2v) is 3.64. The first kappa shape index (κ1) is 9.32. The van der Waals surface area contributed by atoms with E-state index >= 15 is 0 Å². The lowest BCUT2D eigenvalue weighted by molar-refractivity contribution is 0.236. The highest BCUT2D eigenvalue weighted by molar-refractivity contribution is 5.25. The molecule has 0 saturated carbocycles. The van der Waals surface area contributed by atoms with Gasteiger partial charge in [0.15, 0.2) is 0 Å². The lowest BCUT2D eigenvalue weighted by atomic mass is 10.0. The number of benzene rings is 1. The lowest BCUT2D eigenvalue weighted by Crippen LogP contribution is -1.90. The van der Waals surface area contributed by atoms with Crippen molar-refractivity contribution < 1.29 is 4.74 Å². The van der Waals surface area contributed by atoms with E-state index < -0.39 is 0 Å². The molecule has 0 atom stereocenters. The van der Waals surface area contributed by atoms with E-state index in [4.69, 9.17) is 4.74 Å². The summed E-state index contributed by atoms with van der Waals surface area (Å²) >= 11 is 0. The molecule has 0 fully saturated rings. The Hall–Kier alpha value is -1.24. The third kappa shape index (κ3) is 1.98. The van der Waals surface area contributed by atoms with Crippen LogP contribution in [0, 0.1) is 0 Å². The van der Waals surface area contributed by atoms with Gasteiger partial charge in [-0.2, -0.15) is 0 Å². The van der Waals surface area contributed by atoms with E-state index in [2.05, 4.69) is 37.3 Å². The van der Waals surface area contributed by atoms with E-state index in [9.17, 15) is 0 Å². The minimum Gasteiger partial charge on any atom is -0.498 e. The molecule has 1 heteroatoms. The summed E-state index contributed by atoms with van der Waals surface area (Å²) in [6.07, 6.45) is 3.20. The molecule has 74 valence electrons. The van der Waals surface area contributed by atoms with Gasteiger partial charge in [0, 0.05) is 12.8 Å². The third-order valence-corrected chi connectivity index (χ3v) is 2.66. The minimum absolute atomic E-state index is 0.880. The average molecular weight is 188 g/mol. The van der Waals surface area contributed by atoms with Crippen molar-refractivity contribution in [1.82, 2.24) is 0 Å². The van der Waals surface area contributed by atoms with Gasteiger partial charge in [-0.1, -0.05) is 37.3 Å². The van der Waals surface area contributed by atoms with Crippen LogP contribution in [0.4, 0.5) is 0 Å². The molecule has 0 amide bonds. The number of rotatable bonds is 3. The molecule has 1 nitrogen and oxygen atoms in total.